The first-order valence-corrected chi connectivity index (χ1v) is 11.9. The smallest absolute Gasteiger partial charge is 0.160 e. The molecule has 1 aliphatic rings. The van der Waals surface area contributed by atoms with E-state index in [1.54, 1.807) is 7.11 Å². The van der Waals surface area contributed by atoms with Gasteiger partial charge in [-0.05, 0) is 69.4 Å². The number of hydrogen-bond acceptors (Lipinski definition) is 3. The average Bonchev–Trinajstić information content (AvgIpc) is 3.09. The summed E-state index contributed by atoms with van der Waals surface area (Å²) in [6, 6.07) is 8.32. The van der Waals surface area contributed by atoms with Gasteiger partial charge in [0.2, 0.25) is 0 Å². The van der Waals surface area contributed by atoms with E-state index in [1.807, 2.05) is 12.1 Å². The van der Waals surface area contributed by atoms with Crippen LogP contribution in [-0.4, -0.2) is 24.6 Å². The molecule has 0 aromatic heterocycles. The maximum Gasteiger partial charge on any atom is 0.160 e. The number of rotatable bonds is 13. The van der Waals surface area contributed by atoms with E-state index in [2.05, 4.69) is 51.1 Å². The van der Waals surface area contributed by atoms with Crippen molar-refractivity contribution in [1.29, 1.82) is 0 Å². The van der Waals surface area contributed by atoms with E-state index in [0.717, 1.165) is 63.5 Å². The molecule has 0 spiro atoms. The van der Waals surface area contributed by atoms with Crippen molar-refractivity contribution in [3.05, 3.63) is 53.6 Å². The summed E-state index contributed by atoms with van der Waals surface area (Å²) in [7, 11) is 1.74. The molecule has 1 aliphatic heterocycles. The van der Waals surface area contributed by atoms with E-state index in [0.29, 0.717) is 0 Å². The summed E-state index contributed by atoms with van der Waals surface area (Å²) in [6.07, 6.45) is 17.0. The third-order valence-corrected chi connectivity index (χ3v) is 6.66. The second-order valence-corrected chi connectivity index (χ2v) is 8.61. The van der Waals surface area contributed by atoms with Gasteiger partial charge in [-0.3, -0.25) is 0 Å². The fraction of sp³-hybridized carbons (Fsp3) is 0.630. The van der Waals surface area contributed by atoms with E-state index in [9.17, 15) is 5.11 Å². The van der Waals surface area contributed by atoms with Crippen LogP contribution < -0.4 is 4.74 Å². The Balaban J connectivity index is 1.75. The van der Waals surface area contributed by atoms with Crippen LogP contribution in [0, 0.1) is 5.41 Å². The van der Waals surface area contributed by atoms with Crippen molar-refractivity contribution in [3.8, 4) is 5.75 Å². The Labute approximate surface area is 184 Å². The molecule has 0 saturated carbocycles. The second-order valence-electron chi connectivity index (χ2n) is 8.61. The Kier molecular flexibility index (Phi) is 10.7. The number of benzene rings is 1. The molecule has 1 heterocycles. The number of aliphatic hydroxyl groups excluding tert-OH is 1. The lowest BCUT2D eigenvalue weighted by Crippen LogP contribution is -2.29. The molecule has 168 valence electrons. The van der Waals surface area contributed by atoms with Crippen LogP contribution in [-0.2, 0) is 11.2 Å². The van der Waals surface area contributed by atoms with Gasteiger partial charge < -0.3 is 14.6 Å². The van der Waals surface area contributed by atoms with Crippen LogP contribution in [0.3, 0.4) is 0 Å². The fourth-order valence-electron chi connectivity index (χ4n) is 4.57. The quantitative estimate of drug-likeness (QED) is 0.279. The predicted octanol–water partition coefficient (Wildman–Crippen LogP) is 6.99. The van der Waals surface area contributed by atoms with Gasteiger partial charge in [-0.1, -0.05) is 69.2 Å². The second kappa shape index (κ2) is 13.0. The van der Waals surface area contributed by atoms with Gasteiger partial charge >= 0.3 is 0 Å². The largest absolute Gasteiger partial charge is 0.496 e. The molecule has 1 saturated heterocycles. The van der Waals surface area contributed by atoms with Crippen LogP contribution in [0.4, 0.5) is 0 Å². The van der Waals surface area contributed by atoms with Gasteiger partial charge in [-0.2, -0.15) is 0 Å². The van der Waals surface area contributed by atoms with Crippen molar-refractivity contribution in [2.45, 2.75) is 97.4 Å². The number of allylic oxidation sites excluding steroid dienone is 4. The van der Waals surface area contributed by atoms with Crippen LogP contribution in [0.1, 0.15) is 84.1 Å². The van der Waals surface area contributed by atoms with E-state index < -0.39 is 6.29 Å². The molecular formula is C27H42O3. The van der Waals surface area contributed by atoms with Crippen molar-refractivity contribution in [3.63, 3.8) is 0 Å². The van der Waals surface area contributed by atoms with Crippen LogP contribution in [0.2, 0.25) is 0 Å². The molecule has 1 N–H and O–H groups in total. The van der Waals surface area contributed by atoms with Gasteiger partial charge in [-0.25, -0.2) is 0 Å². The van der Waals surface area contributed by atoms with Crippen LogP contribution in [0.5, 0.6) is 5.75 Å². The normalized spacial score (nSPS) is 21.4. The lowest BCUT2D eigenvalue weighted by molar-refractivity contribution is -0.138. The highest BCUT2D eigenvalue weighted by molar-refractivity contribution is 5.36. The summed E-state index contributed by atoms with van der Waals surface area (Å²) >= 11 is 0. The average molecular weight is 415 g/mol. The lowest BCUT2D eigenvalue weighted by Gasteiger charge is -2.27. The Bertz CT molecular complexity index is 672. The van der Waals surface area contributed by atoms with Gasteiger partial charge in [0.05, 0.1) is 13.2 Å². The molecule has 1 aromatic rings. The van der Waals surface area contributed by atoms with Crippen molar-refractivity contribution in [1.82, 2.24) is 0 Å². The monoisotopic (exact) mass is 414 g/mol. The minimum Gasteiger partial charge on any atom is -0.496 e. The zero-order valence-corrected chi connectivity index (χ0v) is 19.5. The fourth-order valence-corrected chi connectivity index (χ4v) is 4.57. The first-order valence-electron chi connectivity index (χ1n) is 11.9. The topological polar surface area (TPSA) is 38.7 Å². The van der Waals surface area contributed by atoms with Gasteiger partial charge in [0, 0.05) is 5.41 Å². The summed E-state index contributed by atoms with van der Waals surface area (Å²) in [5, 5.41) is 10.3. The summed E-state index contributed by atoms with van der Waals surface area (Å²) in [6.45, 7) is 6.56. The molecule has 2 rings (SSSR count). The number of para-hydroxylation sites is 1. The highest BCUT2D eigenvalue weighted by Crippen LogP contribution is 2.44. The van der Waals surface area contributed by atoms with Gasteiger partial charge in [0.15, 0.2) is 6.29 Å². The Morgan fingerprint density at radius 2 is 1.87 bits per heavy atom. The lowest BCUT2D eigenvalue weighted by atomic mass is 9.78. The van der Waals surface area contributed by atoms with Crippen molar-refractivity contribution >= 4 is 0 Å². The number of aliphatic hydroxyl groups is 1. The van der Waals surface area contributed by atoms with Crippen molar-refractivity contribution < 1.29 is 14.6 Å². The van der Waals surface area contributed by atoms with Crippen LogP contribution in [0.15, 0.2) is 48.1 Å². The van der Waals surface area contributed by atoms with Crippen molar-refractivity contribution in [2.24, 2.45) is 5.41 Å². The highest BCUT2D eigenvalue weighted by Gasteiger charge is 2.44. The summed E-state index contributed by atoms with van der Waals surface area (Å²) in [5.74, 6) is 0.980. The van der Waals surface area contributed by atoms with Gasteiger partial charge in [-0.15, -0.1) is 0 Å². The predicted molar refractivity (Wildman–Crippen MR) is 126 cm³/mol. The Morgan fingerprint density at radius 3 is 2.53 bits per heavy atom. The minimum absolute atomic E-state index is 0.0315. The first-order chi connectivity index (χ1) is 14.6. The molecule has 1 fully saturated rings. The molecule has 2 atom stereocenters. The van der Waals surface area contributed by atoms with E-state index in [-0.39, 0.29) is 11.5 Å². The summed E-state index contributed by atoms with van der Waals surface area (Å²) in [5.41, 5.74) is 2.74. The third-order valence-electron chi connectivity index (χ3n) is 6.66. The number of unbranched alkanes of at least 4 members (excludes halogenated alkanes) is 1. The minimum atomic E-state index is -0.591. The van der Waals surface area contributed by atoms with Crippen LogP contribution in [0.25, 0.3) is 0 Å². The molecule has 0 amide bonds. The zero-order valence-electron chi connectivity index (χ0n) is 19.5. The molecule has 3 nitrogen and oxygen atoms in total. The summed E-state index contributed by atoms with van der Waals surface area (Å²) < 4.78 is 11.3. The molecule has 0 bridgehead atoms. The number of hydrogen-bond donors (Lipinski definition) is 1. The van der Waals surface area contributed by atoms with Crippen molar-refractivity contribution in [2.75, 3.05) is 7.11 Å². The van der Waals surface area contributed by atoms with E-state index >= 15 is 0 Å². The molecule has 1 aromatic carbocycles. The maximum absolute atomic E-state index is 10.3. The van der Waals surface area contributed by atoms with E-state index in [4.69, 9.17) is 9.47 Å². The SMILES string of the molecule is CCC/C(=C\CC/C=C/CCC1CC(CC)(CC)C(O)O1)Cc1ccccc1OC. The number of ether oxygens (including phenoxy) is 2. The summed E-state index contributed by atoms with van der Waals surface area (Å²) in [4.78, 5) is 0. The first kappa shape index (κ1) is 24.7. The Hall–Kier alpha value is -1.58. The number of methoxy groups -OCH3 is 1. The highest BCUT2D eigenvalue weighted by atomic mass is 16.6. The zero-order chi connectivity index (χ0) is 21.8. The van der Waals surface area contributed by atoms with Gasteiger partial charge in [0.25, 0.3) is 0 Å². The molecule has 0 aliphatic carbocycles. The standard InChI is InChI=1S/C27H42O3/c1-5-15-22(20-23-17-13-14-19-25(23)29-4)16-11-9-8-10-12-18-24-21-27(6-2,7-3)26(28)30-24/h8,10,13-14,16-17,19,24,26,28H,5-7,9,11-12,15,18,20-21H2,1-4H3/b10-8+,22-16+. The van der Waals surface area contributed by atoms with Crippen LogP contribution >= 0.6 is 0 Å². The van der Waals surface area contributed by atoms with Gasteiger partial charge in [0.1, 0.15) is 5.75 Å². The molecule has 2 unspecified atom stereocenters. The molecule has 0 radical (unpaired) electrons. The maximum atomic E-state index is 10.3. The molecule has 30 heavy (non-hydrogen) atoms. The molecular weight excluding hydrogens is 372 g/mol. The van der Waals surface area contributed by atoms with E-state index in [1.165, 1.54) is 17.6 Å². The Morgan fingerprint density at radius 1 is 1.13 bits per heavy atom. The molecule has 3 heteroatoms. The third kappa shape index (κ3) is 6.99.